The molecule has 102 valence electrons. The molecule has 0 aliphatic rings. The fourth-order valence-electron chi connectivity index (χ4n) is 2.58. The topological polar surface area (TPSA) is 30.4 Å². The molecule has 3 rings (SSSR count). The highest BCUT2D eigenvalue weighted by molar-refractivity contribution is 6.30. The van der Waals surface area contributed by atoms with Crippen LogP contribution in [0.15, 0.2) is 54.7 Å². The Bertz CT molecular complexity index is 713. The maximum atomic E-state index is 5.98. The number of rotatable bonds is 4. The normalized spacial score (nSPS) is 11.1. The highest BCUT2D eigenvalue weighted by Gasteiger charge is 2.11. The Balaban J connectivity index is 2.15. The molecule has 20 heavy (non-hydrogen) atoms. The van der Waals surface area contributed by atoms with Crippen molar-refractivity contribution in [2.24, 2.45) is 5.73 Å². The van der Waals surface area contributed by atoms with Crippen molar-refractivity contribution in [3.8, 4) is 11.1 Å². The fourth-order valence-corrected chi connectivity index (χ4v) is 2.71. The lowest BCUT2D eigenvalue weighted by atomic mass is 10.0. The second-order valence-electron chi connectivity index (χ2n) is 4.90. The summed E-state index contributed by atoms with van der Waals surface area (Å²) in [5.41, 5.74) is 10.7. The van der Waals surface area contributed by atoms with E-state index in [1.165, 1.54) is 22.3 Å². The molecule has 0 saturated carbocycles. The molecule has 0 aliphatic heterocycles. The zero-order valence-corrected chi connectivity index (χ0v) is 12.0. The van der Waals surface area contributed by atoms with Crippen LogP contribution in [-0.4, -0.2) is 10.9 Å². The van der Waals surface area contributed by atoms with Crippen LogP contribution >= 0.6 is 11.6 Å². The van der Waals surface area contributed by atoms with Crippen molar-refractivity contribution in [2.45, 2.75) is 12.8 Å². The molecule has 0 aliphatic carbocycles. The van der Waals surface area contributed by atoms with Crippen LogP contribution in [0.1, 0.15) is 12.1 Å². The molecule has 0 fully saturated rings. The van der Waals surface area contributed by atoms with E-state index in [9.17, 15) is 0 Å². The SMILES string of the molecule is NCCCc1c(-c2ccc(Cl)cc2)cc2ccccn12. The van der Waals surface area contributed by atoms with Crippen molar-refractivity contribution in [3.05, 3.63) is 65.4 Å². The third-order valence-corrected chi connectivity index (χ3v) is 3.81. The van der Waals surface area contributed by atoms with Gasteiger partial charge in [-0.3, -0.25) is 0 Å². The van der Waals surface area contributed by atoms with E-state index in [0.717, 1.165) is 17.9 Å². The van der Waals surface area contributed by atoms with E-state index < -0.39 is 0 Å². The minimum atomic E-state index is 0.708. The van der Waals surface area contributed by atoms with E-state index in [1.807, 2.05) is 12.1 Å². The largest absolute Gasteiger partial charge is 0.330 e. The first-order chi connectivity index (χ1) is 9.79. The van der Waals surface area contributed by atoms with Crippen LogP contribution in [0.25, 0.3) is 16.6 Å². The second-order valence-corrected chi connectivity index (χ2v) is 5.34. The fraction of sp³-hybridized carbons (Fsp3) is 0.176. The molecular weight excluding hydrogens is 268 g/mol. The number of halogens is 1. The molecule has 2 aromatic heterocycles. The number of hydrogen-bond acceptors (Lipinski definition) is 1. The molecule has 0 amide bonds. The van der Waals surface area contributed by atoms with Gasteiger partial charge in [-0.2, -0.15) is 0 Å². The zero-order valence-electron chi connectivity index (χ0n) is 11.2. The van der Waals surface area contributed by atoms with Crippen LogP contribution in [0.4, 0.5) is 0 Å². The molecular formula is C17H17ClN2. The van der Waals surface area contributed by atoms with Crippen LogP contribution in [0.2, 0.25) is 5.02 Å². The maximum absolute atomic E-state index is 5.98. The molecule has 3 heteroatoms. The van der Waals surface area contributed by atoms with Crippen LogP contribution in [0, 0.1) is 0 Å². The lowest BCUT2D eigenvalue weighted by Crippen LogP contribution is -2.03. The number of nitrogens with zero attached hydrogens (tertiary/aromatic N) is 1. The van der Waals surface area contributed by atoms with Gasteiger partial charge < -0.3 is 10.1 Å². The predicted molar refractivity (Wildman–Crippen MR) is 85.2 cm³/mol. The number of aryl methyl sites for hydroxylation is 1. The molecule has 0 radical (unpaired) electrons. The summed E-state index contributed by atoms with van der Waals surface area (Å²) < 4.78 is 2.25. The monoisotopic (exact) mass is 284 g/mol. The van der Waals surface area contributed by atoms with Crippen molar-refractivity contribution in [1.29, 1.82) is 0 Å². The Labute approximate surface area is 123 Å². The summed E-state index contributed by atoms with van der Waals surface area (Å²) in [4.78, 5) is 0. The molecule has 0 spiro atoms. The van der Waals surface area contributed by atoms with Crippen LogP contribution in [-0.2, 0) is 6.42 Å². The molecule has 2 N–H and O–H groups in total. The molecule has 0 bridgehead atoms. The van der Waals surface area contributed by atoms with E-state index in [4.69, 9.17) is 17.3 Å². The highest BCUT2D eigenvalue weighted by Crippen LogP contribution is 2.29. The molecule has 2 nitrogen and oxygen atoms in total. The van der Waals surface area contributed by atoms with Gasteiger partial charge in [-0.25, -0.2) is 0 Å². The number of benzene rings is 1. The second kappa shape index (κ2) is 5.70. The van der Waals surface area contributed by atoms with E-state index >= 15 is 0 Å². The van der Waals surface area contributed by atoms with Gasteiger partial charge in [-0.15, -0.1) is 0 Å². The minimum absolute atomic E-state index is 0.708. The van der Waals surface area contributed by atoms with Crippen molar-refractivity contribution < 1.29 is 0 Å². The van der Waals surface area contributed by atoms with Crippen LogP contribution < -0.4 is 5.73 Å². The van der Waals surface area contributed by atoms with E-state index in [0.29, 0.717) is 6.54 Å². The molecule has 0 saturated heterocycles. The summed E-state index contributed by atoms with van der Waals surface area (Å²) >= 11 is 5.98. The highest BCUT2D eigenvalue weighted by atomic mass is 35.5. The van der Waals surface area contributed by atoms with E-state index in [-0.39, 0.29) is 0 Å². The Morgan fingerprint density at radius 2 is 1.85 bits per heavy atom. The van der Waals surface area contributed by atoms with Gasteiger partial charge in [0, 0.05) is 28.0 Å². The Kier molecular flexibility index (Phi) is 3.77. The Morgan fingerprint density at radius 1 is 1.05 bits per heavy atom. The summed E-state index contributed by atoms with van der Waals surface area (Å²) in [5.74, 6) is 0. The predicted octanol–water partition coefficient (Wildman–Crippen LogP) is 4.15. The van der Waals surface area contributed by atoms with Gasteiger partial charge in [-0.05, 0) is 55.3 Å². The van der Waals surface area contributed by atoms with E-state index in [2.05, 4.69) is 47.0 Å². The molecule has 0 unspecified atom stereocenters. The van der Waals surface area contributed by atoms with Gasteiger partial charge in [0.25, 0.3) is 0 Å². The quantitative estimate of drug-likeness (QED) is 0.766. The number of aromatic nitrogens is 1. The lowest BCUT2D eigenvalue weighted by Gasteiger charge is -2.06. The van der Waals surface area contributed by atoms with Gasteiger partial charge in [-0.1, -0.05) is 29.8 Å². The van der Waals surface area contributed by atoms with Crippen molar-refractivity contribution in [3.63, 3.8) is 0 Å². The van der Waals surface area contributed by atoms with Gasteiger partial charge in [0.05, 0.1) is 0 Å². The molecule has 0 atom stereocenters. The average Bonchev–Trinajstić information content (AvgIpc) is 2.84. The van der Waals surface area contributed by atoms with Gasteiger partial charge >= 0.3 is 0 Å². The number of nitrogens with two attached hydrogens (primary N) is 1. The van der Waals surface area contributed by atoms with Crippen molar-refractivity contribution in [2.75, 3.05) is 6.54 Å². The standard InChI is InChI=1S/C17H17ClN2/c18-14-8-6-13(7-9-14)16-12-15-4-1-2-11-20(15)17(16)5-3-10-19/h1-2,4,6-9,11-12H,3,5,10,19H2. The summed E-state index contributed by atoms with van der Waals surface area (Å²) in [6.07, 6.45) is 4.08. The average molecular weight is 285 g/mol. The van der Waals surface area contributed by atoms with Gasteiger partial charge in [0.2, 0.25) is 0 Å². The number of pyridine rings is 1. The summed E-state index contributed by atoms with van der Waals surface area (Å²) in [7, 11) is 0. The smallest absolute Gasteiger partial charge is 0.0459 e. The first-order valence-corrected chi connectivity index (χ1v) is 7.22. The third kappa shape index (κ3) is 2.45. The number of hydrogen-bond donors (Lipinski definition) is 1. The van der Waals surface area contributed by atoms with Gasteiger partial charge in [0.15, 0.2) is 0 Å². The first-order valence-electron chi connectivity index (χ1n) is 6.84. The third-order valence-electron chi connectivity index (χ3n) is 3.56. The first kappa shape index (κ1) is 13.2. The molecule has 1 aromatic carbocycles. The summed E-state index contributed by atoms with van der Waals surface area (Å²) in [5, 5.41) is 0.765. The van der Waals surface area contributed by atoms with Crippen molar-refractivity contribution >= 4 is 17.1 Å². The van der Waals surface area contributed by atoms with Crippen molar-refractivity contribution in [1.82, 2.24) is 4.40 Å². The minimum Gasteiger partial charge on any atom is -0.330 e. The zero-order chi connectivity index (χ0) is 13.9. The van der Waals surface area contributed by atoms with E-state index in [1.54, 1.807) is 0 Å². The van der Waals surface area contributed by atoms with Crippen LogP contribution in [0.5, 0.6) is 0 Å². The van der Waals surface area contributed by atoms with Crippen LogP contribution in [0.3, 0.4) is 0 Å². The lowest BCUT2D eigenvalue weighted by molar-refractivity contribution is 0.804. The molecule has 3 aromatic rings. The summed E-state index contributed by atoms with van der Waals surface area (Å²) in [6, 6.07) is 16.5. The van der Waals surface area contributed by atoms with Gasteiger partial charge in [0.1, 0.15) is 0 Å². The Hall–Kier alpha value is -1.77. The Morgan fingerprint density at radius 3 is 2.60 bits per heavy atom. The summed E-state index contributed by atoms with van der Waals surface area (Å²) in [6.45, 7) is 0.708. The number of fused-ring (bicyclic) bond motifs is 1. The maximum Gasteiger partial charge on any atom is 0.0459 e. The molecule has 2 heterocycles.